The molecule has 0 aliphatic rings. The van der Waals surface area contributed by atoms with Crippen molar-refractivity contribution in [3.63, 3.8) is 0 Å². The molecule has 588 valence electrons. The fourth-order valence-electron chi connectivity index (χ4n) is 12.5. The summed E-state index contributed by atoms with van der Waals surface area (Å²) in [6, 6.07) is 0. The maximum absolute atomic E-state index is 13.1. The fourth-order valence-corrected chi connectivity index (χ4v) is 14.0. The minimum absolute atomic E-state index is 0.109. The van der Waals surface area contributed by atoms with Gasteiger partial charge < -0.3 is 33.8 Å². The second-order valence-corrected chi connectivity index (χ2v) is 31.7. The largest absolute Gasteiger partial charge is 0.472 e. The van der Waals surface area contributed by atoms with E-state index in [2.05, 4.69) is 27.7 Å². The second kappa shape index (κ2) is 74.3. The Kier molecular flexibility index (Phi) is 72.9. The molecular formula is C80H156O17P2. The summed E-state index contributed by atoms with van der Waals surface area (Å²) in [6.07, 6.45) is 66.7. The van der Waals surface area contributed by atoms with E-state index in [0.717, 1.165) is 103 Å². The first-order valence-electron chi connectivity index (χ1n) is 41.8. The number of esters is 4. The van der Waals surface area contributed by atoms with Crippen LogP contribution in [0.25, 0.3) is 0 Å². The second-order valence-electron chi connectivity index (χ2n) is 28.8. The molecule has 0 rings (SSSR count). The molecule has 0 aliphatic carbocycles. The Morgan fingerprint density at radius 3 is 0.596 bits per heavy atom. The van der Waals surface area contributed by atoms with E-state index in [1.807, 2.05) is 0 Å². The van der Waals surface area contributed by atoms with E-state index in [1.54, 1.807) is 0 Å². The third-order valence-corrected chi connectivity index (χ3v) is 20.8. The van der Waals surface area contributed by atoms with Gasteiger partial charge in [-0.15, -0.1) is 0 Å². The molecule has 2 unspecified atom stereocenters. The Morgan fingerprint density at radius 2 is 0.404 bits per heavy atom. The normalized spacial score (nSPS) is 13.8. The van der Waals surface area contributed by atoms with Crippen molar-refractivity contribution in [2.45, 2.75) is 451 Å². The number of carbonyl (C=O) groups excluding carboxylic acids is 4. The average Bonchev–Trinajstić information content (AvgIpc) is 1.03. The summed E-state index contributed by atoms with van der Waals surface area (Å²) in [5, 5.41) is 10.6. The van der Waals surface area contributed by atoms with Gasteiger partial charge in [0.05, 0.1) is 26.4 Å². The molecule has 0 bridgehead atoms. The zero-order valence-corrected chi connectivity index (χ0v) is 66.3. The van der Waals surface area contributed by atoms with Crippen LogP contribution in [0.2, 0.25) is 0 Å². The topological polar surface area (TPSA) is 237 Å². The van der Waals surface area contributed by atoms with Gasteiger partial charge in [-0.1, -0.05) is 381 Å². The summed E-state index contributed by atoms with van der Waals surface area (Å²) < 4.78 is 68.6. The average molecular weight is 1450 g/mol. The summed E-state index contributed by atoms with van der Waals surface area (Å²) >= 11 is 0. The van der Waals surface area contributed by atoms with Crippen molar-refractivity contribution in [2.24, 2.45) is 0 Å². The number of carbonyl (C=O) groups is 4. The van der Waals surface area contributed by atoms with Crippen LogP contribution in [0.3, 0.4) is 0 Å². The van der Waals surface area contributed by atoms with Gasteiger partial charge in [0, 0.05) is 25.7 Å². The molecule has 0 aromatic carbocycles. The number of rotatable bonds is 81. The predicted octanol–water partition coefficient (Wildman–Crippen LogP) is 24.2. The zero-order chi connectivity index (χ0) is 72.5. The Balaban J connectivity index is 5.17. The Bertz CT molecular complexity index is 1880. The lowest BCUT2D eigenvalue weighted by Gasteiger charge is -2.21. The van der Waals surface area contributed by atoms with Crippen molar-refractivity contribution in [2.75, 3.05) is 39.6 Å². The van der Waals surface area contributed by atoms with Gasteiger partial charge in [-0.05, 0) is 25.7 Å². The zero-order valence-electron chi connectivity index (χ0n) is 64.5. The summed E-state index contributed by atoms with van der Waals surface area (Å²) in [5.74, 6) is -2.11. The number of aliphatic hydroxyl groups is 1. The highest BCUT2D eigenvalue weighted by Crippen LogP contribution is 2.45. The summed E-state index contributed by atoms with van der Waals surface area (Å²) in [5.41, 5.74) is 0. The number of ether oxygens (including phenoxy) is 4. The van der Waals surface area contributed by atoms with Crippen molar-refractivity contribution in [3.05, 3.63) is 0 Å². The van der Waals surface area contributed by atoms with E-state index in [4.69, 9.17) is 37.0 Å². The van der Waals surface area contributed by atoms with Crippen LogP contribution in [0, 0.1) is 0 Å². The lowest BCUT2D eigenvalue weighted by Crippen LogP contribution is -2.30. The molecule has 19 heteroatoms. The standard InChI is InChI=1S/C80H156O17P2/c1-5-9-13-17-21-24-27-30-33-36-39-42-45-48-51-55-59-63-67-80(85)97-76(71-91-78(83)65-61-57-53-49-46-43-40-37-34-31-28-25-22-18-14-10-6-2)73-95-99(88,89)93-69-74(81)68-92-98(86,87)94-72-75(70-90-77(82)64-60-56-52-20-16-12-8-4)96-79(84)66-62-58-54-50-47-44-41-38-35-32-29-26-23-19-15-11-7-3/h74-76,81H,5-73H2,1-4H3,(H,86,87)(H,88,89)/t74-,75+,76+/m0/s1. The number of phosphoric acid groups is 2. The van der Waals surface area contributed by atoms with Crippen molar-refractivity contribution in [3.8, 4) is 0 Å². The Morgan fingerprint density at radius 1 is 0.242 bits per heavy atom. The van der Waals surface area contributed by atoms with Crippen molar-refractivity contribution in [1.82, 2.24) is 0 Å². The molecule has 0 heterocycles. The molecular weight excluding hydrogens is 1290 g/mol. The van der Waals surface area contributed by atoms with Gasteiger partial charge in [-0.2, -0.15) is 0 Å². The molecule has 0 saturated carbocycles. The summed E-state index contributed by atoms with van der Waals surface area (Å²) in [6.45, 7) is 4.99. The van der Waals surface area contributed by atoms with E-state index < -0.39 is 97.5 Å². The van der Waals surface area contributed by atoms with E-state index in [-0.39, 0.29) is 25.7 Å². The monoisotopic (exact) mass is 1450 g/mol. The van der Waals surface area contributed by atoms with Gasteiger partial charge in [0.25, 0.3) is 0 Å². The van der Waals surface area contributed by atoms with Crippen LogP contribution in [-0.4, -0.2) is 96.7 Å². The third kappa shape index (κ3) is 74.1. The molecule has 0 aliphatic heterocycles. The van der Waals surface area contributed by atoms with Gasteiger partial charge in [0.2, 0.25) is 0 Å². The van der Waals surface area contributed by atoms with E-state index in [0.29, 0.717) is 25.7 Å². The third-order valence-electron chi connectivity index (χ3n) is 18.9. The molecule has 17 nitrogen and oxygen atoms in total. The molecule has 0 fully saturated rings. The summed E-state index contributed by atoms with van der Waals surface area (Å²) in [4.78, 5) is 72.9. The molecule has 5 atom stereocenters. The van der Waals surface area contributed by atoms with Crippen LogP contribution < -0.4 is 0 Å². The number of phosphoric ester groups is 2. The van der Waals surface area contributed by atoms with Gasteiger partial charge in [-0.25, -0.2) is 9.13 Å². The van der Waals surface area contributed by atoms with Crippen molar-refractivity contribution in [1.29, 1.82) is 0 Å². The number of unbranched alkanes of at least 4 members (excludes halogenated alkanes) is 55. The first-order valence-corrected chi connectivity index (χ1v) is 44.8. The minimum Gasteiger partial charge on any atom is -0.462 e. The maximum Gasteiger partial charge on any atom is 0.472 e. The van der Waals surface area contributed by atoms with E-state index in [1.165, 1.54) is 250 Å². The molecule has 0 aromatic heterocycles. The van der Waals surface area contributed by atoms with Gasteiger partial charge in [0.15, 0.2) is 12.2 Å². The Hall–Kier alpha value is -1.94. The lowest BCUT2D eigenvalue weighted by atomic mass is 10.0. The summed E-state index contributed by atoms with van der Waals surface area (Å²) in [7, 11) is -9.91. The van der Waals surface area contributed by atoms with Crippen LogP contribution >= 0.6 is 15.6 Å². The fraction of sp³-hybridized carbons (Fsp3) is 0.950. The smallest absolute Gasteiger partial charge is 0.462 e. The number of hydrogen-bond acceptors (Lipinski definition) is 15. The molecule has 0 amide bonds. The first kappa shape index (κ1) is 97.1. The highest BCUT2D eigenvalue weighted by molar-refractivity contribution is 7.47. The highest BCUT2D eigenvalue weighted by Gasteiger charge is 2.30. The maximum atomic E-state index is 13.1. The first-order chi connectivity index (χ1) is 48.2. The lowest BCUT2D eigenvalue weighted by molar-refractivity contribution is -0.161. The SMILES string of the molecule is CCCCCCCCCCCCCCCCCCCCC(=O)O[C@H](COC(=O)CCCCCCCCCCCCCCCCCCC)COP(=O)(O)OC[C@@H](O)COP(=O)(O)OC[C@@H](COC(=O)CCCCCCCCC)OC(=O)CCCCCCCCCCCCCCCCCCC. The van der Waals surface area contributed by atoms with E-state index >= 15 is 0 Å². The predicted molar refractivity (Wildman–Crippen MR) is 405 cm³/mol. The van der Waals surface area contributed by atoms with Gasteiger partial charge in [-0.3, -0.25) is 37.3 Å². The number of aliphatic hydroxyl groups excluding tert-OH is 1. The molecule has 0 aromatic rings. The highest BCUT2D eigenvalue weighted by atomic mass is 31.2. The molecule has 0 radical (unpaired) electrons. The van der Waals surface area contributed by atoms with E-state index in [9.17, 15) is 43.2 Å². The van der Waals surface area contributed by atoms with Crippen LogP contribution in [0.1, 0.15) is 432 Å². The van der Waals surface area contributed by atoms with Gasteiger partial charge >= 0.3 is 39.5 Å². The van der Waals surface area contributed by atoms with Gasteiger partial charge in [0.1, 0.15) is 19.3 Å². The van der Waals surface area contributed by atoms with Crippen molar-refractivity contribution < 1.29 is 80.2 Å². The molecule has 0 saturated heterocycles. The van der Waals surface area contributed by atoms with Crippen LogP contribution in [-0.2, 0) is 65.4 Å². The molecule has 0 spiro atoms. The van der Waals surface area contributed by atoms with Crippen molar-refractivity contribution >= 4 is 39.5 Å². The van der Waals surface area contributed by atoms with Crippen LogP contribution in [0.5, 0.6) is 0 Å². The quantitative estimate of drug-likeness (QED) is 0.0222. The molecule has 3 N–H and O–H groups in total. The minimum atomic E-state index is -4.96. The van der Waals surface area contributed by atoms with Crippen LogP contribution in [0.15, 0.2) is 0 Å². The number of hydrogen-bond donors (Lipinski definition) is 3. The van der Waals surface area contributed by atoms with Crippen LogP contribution in [0.4, 0.5) is 0 Å². The molecule has 99 heavy (non-hydrogen) atoms. The Labute approximate surface area is 607 Å².